The van der Waals surface area contributed by atoms with Gasteiger partial charge in [-0.25, -0.2) is 0 Å². The van der Waals surface area contributed by atoms with Crippen LogP contribution in [0.2, 0.25) is 0 Å². The summed E-state index contributed by atoms with van der Waals surface area (Å²) in [5.74, 6) is 0.108. The lowest BCUT2D eigenvalue weighted by molar-refractivity contribution is -0.169. The van der Waals surface area contributed by atoms with Crippen LogP contribution in [0.1, 0.15) is 80.6 Å². The second-order valence-electron chi connectivity index (χ2n) is 10.6. The quantitative estimate of drug-likeness (QED) is 0.382. The molecule has 0 aromatic heterocycles. The Balaban J connectivity index is 2.01. The molecular weight excluding hydrogens is 368 g/mol. The Kier molecular flexibility index (Phi) is 5.94. The minimum absolute atomic E-state index is 0.0655. The molecule has 2 aliphatic carbocycles. The van der Waals surface area contributed by atoms with Crippen molar-refractivity contribution in [1.82, 2.24) is 0 Å². The number of carbonyl (C=O) groups is 2. The molecule has 1 heterocycles. The van der Waals surface area contributed by atoms with Crippen LogP contribution in [0.5, 0.6) is 0 Å². The Morgan fingerprint density at radius 2 is 1.79 bits per heavy atom. The standard InChI is InChI=1S/C24H38O5/c1-15-8-11-23(6)12-10-18(22(4,5)28-17(3)26)21(23)19(27-16(2)25)14-20-24(7,29-20)13-9-15/h8,11,15,18-21H,9-10,12-14H2,1-7H3/b11-8+/t15-,18+,19-,20-,21?,23-,24-/m0/s1. The average Bonchev–Trinajstić information content (AvgIpc) is 3.06. The van der Waals surface area contributed by atoms with Gasteiger partial charge in [0.1, 0.15) is 11.7 Å². The van der Waals surface area contributed by atoms with Crippen LogP contribution in [0.25, 0.3) is 0 Å². The van der Waals surface area contributed by atoms with Gasteiger partial charge in [-0.1, -0.05) is 26.0 Å². The molecule has 0 aromatic rings. The van der Waals surface area contributed by atoms with Crippen molar-refractivity contribution < 1.29 is 23.8 Å². The minimum atomic E-state index is -0.625. The molecule has 29 heavy (non-hydrogen) atoms. The smallest absolute Gasteiger partial charge is 0.303 e. The second kappa shape index (κ2) is 7.72. The van der Waals surface area contributed by atoms with Crippen LogP contribution in [0.4, 0.5) is 0 Å². The first-order valence-electron chi connectivity index (χ1n) is 11.1. The van der Waals surface area contributed by atoms with Crippen LogP contribution in [-0.4, -0.2) is 35.3 Å². The zero-order valence-corrected chi connectivity index (χ0v) is 19.1. The molecule has 2 fully saturated rings. The lowest BCUT2D eigenvalue weighted by atomic mass is 9.68. The Morgan fingerprint density at radius 3 is 2.41 bits per heavy atom. The molecule has 164 valence electrons. The number of rotatable bonds is 3. The van der Waals surface area contributed by atoms with Gasteiger partial charge < -0.3 is 14.2 Å². The number of esters is 2. The first kappa shape index (κ1) is 22.3. The topological polar surface area (TPSA) is 65.1 Å². The summed E-state index contributed by atoms with van der Waals surface area (Å²) in [6.45, 7) is 13.6. The van der Waals surface area contributed by atoms with Gasteiger partial charge in [-0.15, -0.1) is 0 Å². The normalized spacial score (nSPS) is 43.3. The fourth-order valence-corrected chi connectivity index (χ4v) is 5.87. The summed E-state index contributed by atoms with van der Waals surface area (Å²) in [4.78, 5) is 23.8. The molecule has 0 aromatic carbocycles. The molecule has 1 saturated carbocycles. The summed E-state index contributed by atoms with van der Waals surface area (Å²) >= 11 is 0. The van der Waals surface area contributed by atoms with E-state index in [0.717, 1.165) is 25.7 Å². The van der Waals surface area contributed by atoms with Crippen molar-refractivity contribution >= 4 is 11.9 Å². The van der Waals surface area contributed by atoms with Crippen molar-refractivity contribution in [2.24, 2.45) is 23.2 Å². The van der Waals surface area contributed by atoms with Gasteiger partial charge in [0.25, 0.3) is 0 Å². The third-order valence-corrected chi connectivity index (χ3v) is 7.59. The highest BCUT2D eigenvalue weighted by Crippen LogP contribution is 2.57. The van der Waals surface area contributed by atoms with Crippen LogP contribution in [0.3, 0.4) is 0 Å². The van der Waals surface area contributed by atoms with Crippen molar-refractivity contribution in [3.63, 3.8) is 0 Å². The van der Waals surface area contributed by atoms with Gasteiger partial charge in [0.15, 0.2) is 0 Å². The third kappa shape index (κ3) is 4.70. The number of epoxide rings is 1. The van der Waals surface area contributed by atoms with E-state index < -0.39 is 5.60 Å². The number of hydrogen-bond acceptors (Lipinski definition) is 5. The molecule has 7 atom stereocenters. The number of allylic oxidation sites excluding steroid dienone is 2. The van der Waals surface area contributed by atoms with E-state index in [9.17, 15) is 9.59 Å². The number of fused-ring (bicyclic) bond motifs is 2. The minimum Gasteiger partial charge on any atom is -0.462 e. The van der Waals surface area contributed by atoms with Crippen molar-refractivity contribution in [2.45, 2.75) is 104 Å². The molecule has 0 amide bonds. The molecule has 0 N–H and O–H groups in total. The zero-order valence-electron chi connectivity index (χ0n) is 19.1. The molecular formula is C24H38O5. The molecule has 1 aliphatic heterocycles. The Hall–Kier alpha value is -1.36. The van der Waals surface area contributed by atoms with Crippen LogP contribution < -0.4 is 0 Å². The number of hydrogen-bond donors (Lipinski definition) is 0. The van der Waals surface area contributed by atoms with Crippen LogP contribution in [0.15, 0.2) is 12.2 Å². The highest BCUT2D eigenvalue weighted by atomic mass is 16.6. The van der Waals surface area contributed by atoms with Gasteiger partial charge in [0.05, 0.1) is 11.7 Å². The van der Waals surface area contributed by atoms with E-state index in [1.165, 1.54) is 13.8 Å². The molecule has 5 heteroatoms. The van der Waals surface area contributed by atoms with Gasteiger partial charge in [-0.2, -0.15) is 0 Å². The van der Waals surface area contributed by atoms with Gasteiger partial charge in [0.2, 0.25) is 0 Å². The highest BCUT2D eigenvalue weighted by Gasteiger charge is 2.59. The van der Waals surface area contributed by atoms with Crippen LogP contribution in [0, 0.1) is 23.2 Å². The van der Waals surface area contributed by atoms with Gasteiger partial charge in [-0.3, -0.25) is 9.59 Å². The van der Waals surface area contributed by atoms with E-state index in [-0.39, 0.29) is 47.0 Å². The molecule has 0 radical (unpaired) electrons. The fourth-order valence-electron chi connectivity index (χ4n) is 5.87. The van der Waals surface area contributed by atoms with Gasteiger partial charge in [0, 0.05) is 32.1 Å². The molecule has 0 spiro atoms. The first-order chi connectivity index (χ1) is 13.4. The van der Waals surface area contributed by atoms with Crippen molar-refractivity contribution in [1.29, 1.82) is 0 Å². The van der Waals surface area contributed by atoms with Crippen LogP contribution in [-0.2, 0) is 23.8 Å². The van der Waals surface area contributed by atoms with Gasteiger partial charge in [-0.05, 0) is 57.8 Å². The molecule has 3 rings (SSSR count). The SMILES string of the molecule is CC(=O)O[C@H]1C[C@@H]2O[C@@]2(C)CC[C@@H](C)/C=C/[C@@]2(C)CC[C@@H](C(C)(C)OC(C)=O)C12. The molecule has 3 aliphatic rings. The van der Waals surface area contributed by atoms with Crippen molar-refractivity contribution in [2.75, 3.05) is 0 Å². The van der Waals surface area contributed by atoms with Crippen molar-refractivity contribution in [3.05, 3.63) is 12.2 Å². The maximum Gasteiger partial charge on any atom is 0.303 e. The predicted octanol–water partition coefficient (Wildman–Crippen LogP) is 4.83. The van der Waals surface area contributed by atoms with E-state index in [1.54, 1.807) is 0 Å². The monoisotopic (exact) mass is 406 g/mol. The molecule has 0 bridgehead atoms. The molecule has 5 nitrogen and oxygen atoms in total. The number of ether oxygens (including phenoxy) is 3. The summed E-state index contributed by atoms with van der Waals surface area (Å²) in [5, 5.41) is 0. The lowest BCUT2D eigenvalue weighted by Gasteiger charge is -2.42. The predicted molar refractivity (Wildman–Crippen MR) is 111 cm³/mol. The third-order valence-electron chi connectivity index (χ3n) is 7.59. The summed E-state index contributed by atoms with van der Waals surface area (Å²) < 4.78 is 17.8. The Morgan fingerprint density at radius 1 is 1.10 bits per heavy atom. The van der Waals surface area contributed by atoms with E-state index in [2.05, 4.69) is 32.9 Å². The molecule has 1 unspecified atom stereocenters. The van der Waals surface area contributed by atoms with Gasteiger partial charge >= 0.3 is 11.9 Å². The summed E-state index contributed by atoms with van der Waals surface area (Å²) in [6.07, 6.45) is 9.24. The average molecular weight is 407 g/mol. The Labute approximate surface area is 175 Å². The lowest BCUT2D eigenvalue weighted by Crippen LogP contribution is -2.47. The number of carbonyl (C=O) groups excluding carboxylic acids is 2. The largest absolute Gasteiger partial charge is 0.462 e. The summed E-state index contributed by atoms with van der Waals surface area (Å²) in [7, 11) is 0. The van der Waals surface area contributed by atoms with E-state index in [0.29, 0.717) is 12.3 Å². The van der Waals surface area contributed by atoms with Crippen molar-refractivity contribution in [3.8, 4) is 0 Å². The van der Waals surface area contributed by atoms with E-state index in [4.69, 9.17) is 14.2 Å². The van der Waals surface area contributed by atoms with Crippen LogP contribution >= 0.6 is 0 Å². The molecule has 1 saturated heterocycles. The maximum atomic E-state index is 12.0. The summed E-state index contributed by atoms with van der Waals surface area (Å²) in [5.41, 5.74) is -0.868. The fraction of sp³-hybridized carbons (Fsp3) is 0.833. The zero-order chi connectivity index (χ0) is 21.6. The highest BCUT2D eigenvalue weighted by molar-refractivity contribution is 5.67. The Bertz CT molecular complexity index is 683. The summed E-state index contributed by atoms with van der Waals surface area (Å²) in [6, 6.07) is 0. The second-order valence-corrected chi connectivity index (χ2v) is 10.6. The van der Waals surface area contributed by atoms with E-state index in [1.807, 2.05) is 13.8 Å². The maximum absolute atomic E-state index is 12.0. The van der Waals surface area contributed by atoms with E-state index >= 15 is 0 Å². The first-order valence-corrected chi connectivity index (χ1v) is 11.1.